The topological polar surface area (TPSA) is 103 Å². The number of hydrogen-bond donors (Lipinski definition) is 2. The summed E-state index contributed by atoms with van der Waals surface area (Å²) in [5, 5.41) is 6.96. The van der Waals surface area contributed by atoms with Crippen molar-refractivity contribution in [2.24, 2.45) is 12.8 Å². The number of aromatic nitrogens is 3. The predicted octanol–water partition coefficient (Wildman–Crippen LogP) is 5.14. The molecule has 0 radical (unpaired) electrons. The summed E-state index contributed by atoms with van der Waals surface area (Å²) in [6.45, 7) is 1.75. The SMILES string of the molecule is Cc1c(Br)c(C(=O)Nc2c(C(N)=O)sc3nc(C(F)(F)F)cc(-c4ccccc4)c23)nn1C. The van der Waals surface area contributed by atoms with Gasteiger partial charge in [-0.15, -0.1) is 11.3 Å². The van der Waals surface area contributed by atoms with Crippen LogP contribution in [0, 0.1) is 6.92 Å². The number of hydrogen-bond acceptors (Lipinski definition) is 5. The number of halogens is 4. The van der Waals surface area contributed by atoms with Gasteiger partial charge < -0.3 is 11.1 Å². The Labute approximate surface area is 197 Å². The summed E-state index contributed by atoms with van der Waals surface area (Å²) in [6, 6.07) is 9.20. The Bertz CT molecular complexity index is 1410. The van der Waals surface area contributed by atoms with Crippen LogP contribution in [0.15, 0.2) is 40.9 Å². The van der Waals surface area contributed by atoms with Gasteiger partial charge in [-0.1, -0.05) is 30.3 Å². The number of amides is 2. The predicted molar refractivity (Wildman–Crippen MR) is 122 cm³/mol. The first kappa shape index (κ1) is 22.9. The van der Waals surface area contributed by atoms with Gasteiger partial charge >= 0.3 is 6.18 Å². The normalized spacial score (nSPS) is 11.7. The number of nitrogens with zero attached hydrogens (tertiary/aromatic N) is 3. The van der Waals surface area contributed by atoms with Crippen molar-refractivity contribution in [1.82, 2.24) is 14.8 Å². The molecule has 0 unspecified atom stereocenters. The number of aryl methyl sites for hydroxylation is 1. The number of benzene rings is 1. The minimum absolute atomic E-state index is 0.0113. The molecule has 12 heteroatoms. The average Bonchev–Trinajstić information content (AvgIpc) is 3.26. The Morgan fingerprint density at radius 3 is 2.42 bits per heavy atom. The van der Waals surface area contributed by atoms with Crippen LogP contribution in [0.1, 0.15) is 31.5 Å². The highest BCUT2D eigenvalue weighted by molar-refractivity contribution is 9.10. The third-order valence-electron chi connectivity index (χ3n) is 4.98. The number of carbonyl (C=O) groups is 2. The first-order valence-corrected chi connectivity index (χ1v) is 11.0. The maximum atomic E-state index is 13.6. The number of primary amides is 1. The minimum atomic E-state index is -4.71. The molecule has 0 saturated heterocycles. The maximum absolute atomic E-state index is 13.6. The van der Waals surface area contributed by atoms with Crippen LogP contribution in [0.3, 0.4) is 0 Å². The van der Waals surface area contributed by atoms with E-state index in [1.54, 1.807) is 44.3 Å². The second kappa shape index (κ2) is 8.27. The van der Waals surface area contributed by atoms with Crippen LogP contribution < -0.4 is 11.1 Å². The van der Waals surface area contributed by atoms with Crippen LogP contribution in [0.4, 0.5) is 18.9 Å². The number of fused-ring (bicyclic) bond motifs is 1. The van der Waals surface area contributed by atoms with Crippen LogP contribution in [-0.4, -0.2) is 26.6 Å². The molecule has 0 bridgehead atoms. The summed E-state index contributed by atoms with van der Waals surface area (Å²) in [5.74, 6) is -1.57. The van der Waals surface area contributed by atoms with Crippen LogP contribution in [-0.2, 0) is 13.2 Å². The monoisotopic (exact) mass is 537 g/mol. The summed E-state index contributed by atoms with van der Waals surface area (Å²) in [7, 11) is 1.65. The summed E-state index contributed by atoms with van der Waals surface area (Å²) >= 11 is 4.00. The lowest BCUT2D eigenvalue weighted by atomic mass is 10.0. The highest BCUT2D eigenvalue weighted by Gasteiger charge is 2.35. The average molecular weight is 538 g/mol. The number of nitrogens with two attached hydrogens (primary N) is 1. The summed E-state index contributed by atoms with van der Waals surface area (Å²) in [4.78, 5) is 28.7. The lowest BCUT2D eigenvalue weighted by Gasteiger charge is -2.12. The molecular weight excluding hydrogens is 523 g/mol. The zero-order valence-corrected chi connectivity index (χ0v) is 19.5. The Balaban J connectivity index is 1.98. The van der Waals surface area contributed by atoms with Crippen LogP contribution in [0.5, 0.6) is 0 Å². The molecule has 4 rings (SSSR count). The number of thiophene rings is 1. The molecule has 4 aromatic rings. The standard InChI is InChI=1S/C21H15BrF3N5O2S/c1-9-14(22)16(29-30(9)2)19(32)28-15-13-11(10-6-4-3-5-7-10)8-12(21(23,24)25)27-20(13)33-17(15)18(26)31/h3-8H,1-2H3,(H2,26,31)(H,28,32). The van der Waals surface area contributed by atoms with Crippen molar-refractivity contribution in [2.75, 3.05) is 5.32 Å². The Morgan fingerprint density at radius 1 is 1.21 bits per heavy atom. The molecule has 33 heavy (non-hydrogen) atoms. The molecule has 7 nitrogen and oxygen atoms in total. The summed E-state index contributed by atoms with van der Waals surface area (Å²) in [5.41, 5.74) is 5.72. The van der Waals surface area contributed by atoms with Crippen molar-refractivity contribution < 1.29 is 22.8 Å². The molecule has 0 aliphatic carbocycles. The third-order valence-corrected chi connectivity index (χ3v) is 7.02. The van der Waals surface area contributed by atoms with E-state index in [4.69, 9.17) is 5.73 Å². The number of pyridine rings is 1. The fourth-order valence-corrected chi connectivity index (χ4v) is 4.80. The number of anilines is 1. The highest BCUT2D eigenvalue weighted by atomic mass is 79.9. The molecular formula is C21H15BrF3N5O2S. The second-order valence-electron chi connectivity index (χ2n) is 7.10. The third kappa shape index (κ3) is 4.11. The quantitative estimate of drug-likeness (QED) is 0.376. The van der Waals surface area contributed by atoms with Gasteiger partial charge in [0.1, 0.15) is 15.4 Å². The Hall–Kier alpha value is -3.25. The number of alkyl halides is 3. The van der Waals surface area contributed by atoms with Gasteiger partial charge in [-0.25, -0.2) is 4.98 Å². The van der Waals surface area contributed by atoms with Gasteiger partial charge in [0.2, 0.25) is 0 Å². The minimum Gasteiger partial charge on any atom is -0.365 e. The van der Waals surface area contributed by atoms with Gasteiger partial charge in [0.25, 0.3) is 11.8 Å². The molecule has 0 aliphatic heterocycles. The van der Waals surface area contributed by atoms with E-state index >= 15 is 0 Å². The van der Waals surface area contributed by atoms with Crippen molar-refractivity contribution in [3.8, 4) is 11.1 Å². The molecule has 0 saturated carbocycles. The molecule has 0 fully saturated rings. The second-order valence-corrected chi connectivity index (χ2v) is 8.89. The van der Waals surface area contributed by atoms with E-state index in [0.717, 1.165) is 6.07 Å². The molecule has 0 aliphatic rings. The molecule has 2 amide bonds. The van der Waals surface area contributed by atoms with Gasteiger partial charge in [-0.3, -0.25) is 14.3 Å². The fraction of sp³-hybridized carbons (Fsp3) is 0.143. The van der Waals surface area contributed by atoms with Crippen LogP contribution in [0.25, 0.3) is 21.3 Å². The van der Waals surface area contributed by atoms with E-state index in [1.165, 1.54) is 4.68 Å². The van der Waals surface area contributed by atoms with Crippen molar-refractivity contribution >= 4 is 55.0 Å². The zero-order chi connectivity index (χ0) is 24.1. The Morgan fingerprint density at radius 2 is 1.88 bits per heavy atom. The van der Waals surface area contributed by atoms with Gasteiger partial charge in [0, 0.05) is 12.4 Å². The zero-order valence-electron chi connectivity index (χ0n) is 17.1. The van der Waals surface area contributed by atoms with E-state index in [9.17, 15) is 22.8 Å². The van der Waals surface area contributed by atoms with Gasteiger partial charge in [-0.05, 0) is 40.0 Å². The Kier molecular flexibility index (Phi) is 5.74. The van der Waals surface area contributed by atoms with E-state index in [-0.39, 0.29) is 32.0 Å². The van der Waals surface area contributed by atoms with Crippen LogP contribution >= 0.6 is 27.3 Å². The first-order chi connectivity index (χ1) is 15.5. The van der Waals surface area contributed by atoms with E-state index in [2.05, 4.69) is 31.3 Å². The van der Waals surface area contributed by atoms with Crippen molar-refractivity contribution in [2.45, 2.75) is 13.1 Å². The van der Waals surface area contributed by atoms with E-state index in [0.29, 0.717) is 27.1 Å². The lowest BCUT2D eigenvalue weighted by Crippen LogP contribution is -2.17. The highest BCUT2D eigenvalue weighted by Crippen LogP contribution is 2.43. The van der Waals surface area contributed by atoms with Crippen molar-refractivity contribution in [3.05, 3.63) is 62.8 Å². The molecule has 1 aromatic carbocycles. The summed E-state index contributed by atoms with van der Waals surface area (Å²) in [6.07, 6.45) is -4.71. The maximum Gasteiger partial charge on any atom is 0.433 e. The molecule has 3 aromatic heterocycles. The van der Waals surface area contributed by atoms with Crippen LogP contribution in [0.2, 0.25) is 0 Å². The van der Waals surface area contributed by atoms with Crippen molar-refractivity contribution in [3.63, 3.8) is 0 Å². The van der Waals surface area contributed by atoms with E-state index < -0.39 is 23.7 Å². The van der Waals surface area contributed by atoms with E-state index in [1.807, 2.05) is 0 Å². The number of rotatable bonds is 4. The van der Waals surface area contributed by atoms with Crippen molar-refractivity contribution in [1.29, 1.82) is 0 Å². The summed E-state index contributed by atoms with van der Waals surface area (Å²) < 4.78 is 42.6. The molecule has 170 valence electrons. The fourth-order valence-electron chi connectivity index (χ4n) is 3.28. The molecule has 3 heterocycles. The van der Waals surface area contributed by atoms with Gasteiger partial charge in [-0.2, -0.15) is 18.3 Å². The lowest BCUT2D eigenvalue weighted by molar-refractivity contribution is -0.140. The smallest absolute Gasteiger partial charge is 0.365 e. The molecule has 0 atom stereocenters. The van der Waals surface area contributed by atoms with Gasteiger partial charge in [0.15, 0.2) is 5.69 Å². The largest absolute Gasteiger partial charge is 0.433 e. The first-order valence-electron chi connectivity index (χ1n) is 9.39. The van der Waals surface area contributed by atoms with Gasteiger partial charge in [0.05, 0.1) is 15.9 Å². The molecule has 0 spiro atoms. The molecule has 3 N–H and O–H groups in total. The number of nitrogens with one attached hydrogen (secondary N) is 1. The number of carbonyl (C=O) groups excluding carboxylic acids is 2.